The largest absolute Gasteiger partial charge is 1.00 e. The third-order valence-electron chi connectivity index (χ3n) is 1.81. The van der Waals surface area contributed by atoms with Crippen LogP contribution in [0.3, 0.4) is 0 Å². The Kier molecular flexibility index (Phi) is 5.33. The van der Waals surface area contributed by atoms with Crippen molar-refractivity contribution in [2.24, 2.45) is 0 Å². The van der Waals surface area contributed by atoms with Gasteiger partial charge in [0, 0.05) is 0 Å². The fourth-order valence-corrected chi connectivity index (χ4v) is 0.973. The van der Waals surface area contributed by atoms with Crippen LogP contribution in [0, 0.1) is 6.92 Å². The molecule has 0 saturated carbocycles. The summed E-state index contributed by atoms with van der Waals surface area (Å²) in [7, 11) is 4.06. The number of rotatable bonds is 2. The molecule has 0 aliphatic carbocycles. The third kappa shape index (κ3) is 3.03. The van der Waals surface area contributed by atoms with E-state index in [0.29, 0.717) is 0 Å². The van der Waals surface area contributed by atoms with E-state index >= 15 is 0 Å². The monoisotopic (exact) mass is 155 g/mol. The van der Waals surface area contributed by atoms with Crippen LogP contribution in [0.15, 0.2) is 30.3 Å². The molecule has 0 saturated heterocycles. The van der Waals surface area contributed by atoms with Crippen molar-refractivity contribution in [2.45, 2.75) is 6.04 Å². The molecule has 0 radical (unpaired) electrons. The molecule has 1 unspecified atom stereocenters. The molecule has 1 nitrogen and oxygen atoms in total. The van der Waals surface area contributed by atoms with Gasteiger partial charge in [0.1, 0.15) is 0 Å². The van der Waals surface area contributed by atoms with Gasteiger partial charge in [0.05, 0.1) is 0 Å². The van der Waals surface area contributed by atoms with Gasteiger partial charge in [0.2, 0.25) is 0 Å². The molecule has 0 aliphatic rings. The molecule has 1 aromatic carbocycles. The van der Waals surface area contributed by atoms with Crippen molar-refractivity contribution >= 4 is 0 Å². The van der Waals surface area contributed by atoms with Crippen LogP contribution in [0.5, 0.6) is 0 Å². The number of nitrogens with zero attached hydrogens (tertiary/aromatic N) is 1. The van der Waals surface area contributed by atoms with Crippen molar-refractivity contribution in [3.63, 3.8) is 0 Å². The van der Waals surface area contributed by atoms with Gasteiger partial charge in [0.15, 0.2) is 0 Å². The van der Waals surface area contributed by atoms with E-state index in [-0.39, 0.29) is 24.9 Å². The van der Waals surface area contributed by atoms with Crippen LogP contribution in [0.1, 0.15) is 11.6 Å². The molecule has 0 fully saturated rings. The van der Waals surface area contributed by atoms with Crippen molar-refractivity contribution in [3.05, 3.63) is 42.8 Å². The fraction of sp³-hybridized carbons (Fsp3) is 0.300. The van der Waals surface area contributed by atoms with Gasteiger partial charge in [-0.25, -0.2) is 0 Å². The topological polar surface area (TPSA) is 3.24 Å². The molecule has 0 amide bonds. The maximum atomic E-state index is 4.03. The summed E-state index contributed by atoms with van der Waals surface area (Å²) in [6.07, 6.45) is 0. The Labute approximate surface area is 86.9 Å². The third-order valence-corrected chi connectivity index (χ3v) is 1.81. The zero-order chi connectivity index (χ0) is 8.27. The first-order valence-corrected chi connectivity index (χ1v) is 3.76. The Bertz CT molecular complexity index is 208. The van der Waals surface area contributed by atoms with E-state index < -0.39 is 0 Å². The van der Waals surface area contributed by atoms with Crippen LogP contribution in [0.25, 0.3) is 0 Å². The molecule has 0 aliphatic heterocycles. The normalized spacial score (nSPS) is 12.3. The maximum Gasteiger partial charge on any atom is 1.00 e. The van der Waals surface area contributed by atoms with Crippen LogP contribution < -0.4 is 18.9 Å². The quantitative estimate of drug-likeness (QED) is 0.396. The first-order valence-electron chi connectivity index (χ1n) is 3.76. The van der Waals surface area contributed by atoms with E-state index in [2.05, 4.69) is 24.0 Å². The summed E-state index contributed by atoms with van der Waals surface area (Å²) < 4.78 is 0. The first-order chi connectivity index (χ1) is 5.22. The minimum atomic E-state index is 0. The van der Waals surface area contributed by atoms with Gasteiger partial charge in [-0.05, 0) is 14.1 Å². The summed E-state index contributed by atoms with van der Waals surface area (Å²) in [5, 5.41) is 0. The predicted molar refractivity (Wildman–Crippen MR) is 48.2 cm³/mol. The summed E-state index contributed by atoms with van der Waals surface area (Å²) in [6, 6.07) is 10.5. The summed E-state index contributed by atoms with van der Waals surface area (Å²) in [6.45, 7) is 4.03. The molecule has 1 atom stereocenters. The molecule has 0 N–H and O–H groups in total. The molecule has 12 heavy (non-hydrogen) atoms. The predicted octanol–water partition coefficient (Wildman–Crippen LogP) is -0.873. The van der Waals surface area contributed by atoms with Gasteiger partial charge in [-0.2, -0.15) is 0 Å². The van der Waals surface area contributed by atoms with Gasteiger partial charge in [-0.3, -0.25) is 0 Å². The Morgan fingerprint density at radius 2 is 1.67 bits per heavy atom. The molecule has 1 aromatic rings. The summed E-state index contributed by atoms with van der Waals surface area (Å²) in [4.78, 5) is 2.09. The van der Waals surface area contributed by atoms with Crippen LogP contribution in [0.4, 0.5) is 0 Å². The summed E-state index contributed by atoms with van der Waals surface area (Å²) >= 11 is 0. The molecule has 1 rings (SSSR count). The van der Waals surface area contributed by atoms with Crippen molar-refractivity contribution in [1.29, 1.82) is 0 Å². The second-order valence-electron chi connectivity index (χ2n) is 2.89. The second-order valence-corrected chi connectivity index (χ2v) is 2.89. The average Bonchev–Trinajstić information content (AvgIpc) is 2.05. The zero-order valence-corrected chi connectivity index (χ0v) is 8.12. The van der Waals surface area contributed by atoms with E-state index in [1.165, 1.54) is 5.56 Å². The zero-order valence-electron chi connectivity index (χ0n) is 8.12. The summed E-state index contributed by atoms with van der Waals surface area (Å²) in [5.41, 5.74) is 1.26. The van der Waals surface area contributed by atoms with E-state index in [0.717, 1.165) is 0 Å². The Hall–Kier alpha value is -0.223. The van der Waals surface area contributed by atoms with Gasteiger partial charge >= 0.3 is 18.9 Å². The second kappa shape index (κ2) is 5.43. The van der Waals surface area contributed by atoms with Gasteiger partial charge < -0.3 is 11.8 Å². The SMILES string of the molecule is [CH2-]C(c1ccccc1)N(C)C.[Li+]. The standard InChI is InChI=1S/C10H14N.Li/c1-9(11(2)3)10-7-5-4-6-8-10;/h4-9H,1H2,2-3H3;/q-1;+1. The molecular weight excluding hydrogens is 141 g/mol. The number of hydrogen-bond donors (Lipinski definition) is 0. The maximum absolute atomic E-state index is 4.03. The van der Waals surface area contributed by atoms with Crippen LogP contribution in [-0.2, 0) is 0 Å². The van der Waals surface area contributed by atoms with Gasteiger partial charge in [0.25, 0.3) is 0 Å². The minimum Gasteiger partial charge on any atom is -0.332 e. The smallest absolute Gasteiger partial charge is 0.332 e. The molecular formula is C10H14LiN. The van der Waals surface area contributed by atoms with E-state index in [4.69, 9.17) is 0 Å². The van der Waals surface area contributed by atoms with E-state index in [1.807, 2.05) is 32.3 Å². The minimum absolute atomic E-state index is 0. The van der Waals surface area contributed by atoms with Crippen molar-refractivity contribution in [1.82, 2.24) is 4.90 Å². The Balaban J connectivity index is 0.00000121. The van der Waals surface area contributed by atoms with Gasteiger partial charge in [-0.1, -0.05) is 41.9 Å². The fourth-order valence-electron chi connectivity index (χ4n) is 0.973. The summed E-state index contributed by atoms with van der Waals surface area (Å²) in [5.74, 6) is 0. The van der Waals surface area contributed by atoms with Crippen LogP contribution >= 0.6 is 0 Å². The van der Waals surface area contributed by atoms with Crippen molar-refractivity contribution in [3.8, 4) is 0 Å². The number of benzene rings is 1. The molecule has 2 heteroatoms. The number of hydrogen-bond acceptors (Lipinski definition) is 1. The molecule has 0 heterocycles. The Morgan fingerprint density at radius 1 is 1.17 bits per heavy atom. The molecule has 0 aromatic heterocycles. The van der Waals surface area contributed by atoms with Gasteiger partial charge in [-0.15, -0.1) is 0 Å². The first kappa shape index (κ1) is 11.8. The van der Waals surface area contributed by atoms with Crippen molar-refractivity contribution in [2.75, 3.05) is 14.1 Å². The van der Waals surface area contributed by atoms with Crippen LogP contribution in [0.2, 0.25) is 0 Å². The average molecular weight is 155 g/mol. The van der Waals surface area contributed by atoms with Crippen LogP contribution in [-0.4, -0.2) is 19.0 Å². The van der Waals surface area contributed by atoms with Crippen molar-refractivity contribution < 1.29 is 18.9 Å². The van der Waals surface area contributed by atoms with E-state index in [9.17, 15) is 0 Å². The Morgan fingerprint density at radius 3 is 2.08 bits per heavy atom. The molecule has 60 valence electrons. The molecule has 0 bridgehead atoms. The van der Waals surface area contributed by atoms with E-state index in [1.54, 1.807) is 0 Å². The molecule has 0 spiro atoms.